The lowest BCUT2D eigenvalue weighted by Crippen LogP contribution is -2.40. The SMILES string of the molecule is CCNC(=NCC1(CCO)CCCCC1)NCCc1csc(C)n1.I. The lowest BCUT2D eigenvalue weighted by molar-refractivity contribution is 0.137. The molecule has 25 heavy (non-hydrogen) atoms. The molecule has 1 aliphatic carbocycles. The third-order valence-electron chi connectivity index (χ3n) is 4.81. The van der Waals surface area contributed by atoms with Crippen LogP contribution in [0.2, 0.25) is 0 Å². The van der Waals surface area contributed by atoms with Crippen LogP contribution in [0.15, 0.2) is 10.4 Å². The van der Waals surface area contributed by atoms with Crippen LogP contribution in [0.5, 0.6) is 0 Å². The zero-order chi connectivity index (χ0) is 17.3. The lowest BCUT2D eigenvalue weighted by Gasteiger charge is -2.35. The summed E-state index contributed by atoms with van der Waals surface area (Å²) in [5.41, 5.74) is 1.34. The van der Waals surface area contributed by atoms with Crippen LogP contribution in [0, 0.1) is 12.3 Å². The Bertz CT molecular complexity index is 509. The Labute approximate surface area is 173 Å². The second kappa shape index (κ2) is 12.1. The number of nitrogens with zero attached hydrogens (tertiary/aromatic N) is 2. The van der Waals surface area contributed by atoms with Crippen molar-refractivity contribution in [2.24, 2.45) is 10.4 Å². The highest BCUT2D eigenvalue weighted by atomic mass is 127. The van der Waals surface area contributed by atoms with Gasteiger partial charge in [0.2, 0.25) is 0 Å². The van der Waals surface area contributed by atoms with Crippen molar-refractivity contribution in [1.82, 2.24) is 15.6 Å². The summed E-state index contributed by atoms with van der Waals surface area (Å²) in [5, 5.41) is 19.4. The molecule has 1 aromatic heterocycles. The van der Waals surface area contributed by atoms with Gasteiger partial charge in [-0.25, -0.2) is 4.98 Å². The summed E-state index contributed by atoms with van der Waals surface area (Å²) in [6, 6.07) is 0. The minimum atomic E-state index is 0. The molecule has 2 rings (SSSR count). The topological polar surface area (TPSA) is 69.5 Å². The van der Waals surface area contributed by atoms with E-state index in [1.54, 1.807) is 11.3 Å². The van der Waals surface area contributed by atoms with Crippen molar-refractivity contribution in [2.45, 2.75) is 58.8 Å². The van der Waals surface area contributed by atoms with Crippen molar-refractivity contribution >= 4 is 41.3 Å². The number of aliphatic hydroxyl groups excluding tert-OH is 1. The van der Waals surface area contributed by atoms with Crippen LogP contribution < -0.4 is 10.6 Å². The zero-order valence-corrected chi connectivity index (χ0v) is 18.7. The number of aliphatic hydroxyl groups is 1. The van der Waals surface area contributed by atoms with E-state index in [1.165, 1.54) is 32.1 Å². The fourth-order valence-electron chi connectivity index (χ4n) is 3.45. The number of aromatic nitrogens is 1. The molecule has 0 atom stereocenters. The first-order valence-electron chi connectivity index (χ1n) is 9.21. The zero-order valence-electron chi connectivity index (χ0n) is 15.5. The Kier molecular flexibility index (Phi) is 10.9. The largest absolute Gasteiger partial charge is 0.396 e. The number of rotatable bonds is 8. The van der Waals surface area contributed by atoms with E-state index in [1.807, 2.05) is 6.92 Å². The highest BCUT2D eigenvalue weighted by Gasteiger charge is 2.31. The van der Waals surface area contributed by atoms with E-state index >= 15 is 0 Å². The molecule has 3 N–H and O–H groups in total. The minimum absolute atomic E-state index is 0. The molecule has 0 unspecified atom stereocenters. The summed E-state index contributed by atoms with van der Waals surface area (Å²) >= 11 is 1.70. The Morgan fingerprint density at radius 3 is 2.68 bits per heavy atom. The molecule has 5 nitrogen and oxygen atoms in total. The average Bonchev–Trinajstić information content (AvgIpc) is 2.99. The minimum Gasteiger partial charge on any atom is -0.396 e. The van der Waals surface area contributed by atoms with E-state index in [0.717, 1.165) is 49.1 Å². The second-order valence-electron chi connectivity index (χ2n) is 6.76. The smallest absolute Gasteiger partial charge is 0.191 e. The summed E-state index contributed by atoms with van der Waals surface area (Å²) in [4.78, 5) is 9.33. The maximum absolute atomic E-state index is 9.44. The molecule has 1 saturated carbocycles. The number of aliphatic imine (C=N–C) groups is 1. The Morgan fingerprint density at radius 2 is 2.08 bits per heavy atom. The lowest BCUT2D eigenvalue weighted by atomic mass is 9.72. The molecule has 0 aliphatic heterocycles. The summed E-state index contributed by atoms with van der Waals surface area (Å²) in [7, 11) is 0. The standard InChI is InChI=1S/C18H32N4OS.HI/c1-3-19-17(20-11-7-16-13-24-15(2)22-16)21-14-18(10-12-23)8-5-4-6-9-18;/h13,23H,3-12,14H2,1-2H3,(H2,19,20,21);1H. The van der Waals surface area contributed by atoms with Crippen LogP contribution >= 0.6 is 35.3 Å². The maximum atomic E-state index is 9.44. The van der Waals surface area contributed by atoms with Crippen LogP contribution in [0.25, 0.3) is 0 Å². The predicted molar refractivity (Wildman–Crippen MR) is 117 cm³/mol. The monoisotopic (exact) mass is 480 g/mol. The van der Waals surface area contributed by atoms with Crippen molar-refractivity contribution in [2.75, 3.05) is 26.2 Å². The van der Waals surface area contributed by atoms with Crippen molar-refractivity contribution in [3.63, 3.8) is 0 Å². The van der Waals surface area contributed by atoms with Crippen LogP contribution in [-0.2, 0) is 6.42 Å². The maximum Gasteiger partial charge on any atom is 0.191 e. The van der Waals surface area contributed by atoms with Gasteiger partial charge in [-0.15, -0.1) is 35.3 Å². The van der Waals surface area contributed by atoms with E-state index in [9.17, 15) is 5.11 Å². The molecular formula is C18H33IN4OS. The van der Waals surface area contributed by atoms with Gasteiger partial charge in [-0.1, -0.05) is 19.3 Å². The van der Waals surface area contributed by atoms with E-state index in [-0.39, 0.29) is 36.0 Å². The molecule has 0 bridgehead atoms. The number of hydrogen-bond donors (Lipinski definition) is 3. The fraction of sp³-hybridized carbons (Fsp3) is 0.778. The van der Waals surface area contributed by atoms with Gasteiger partial charge >= 0.3 is 0 Å². The van der Waals surface area contributed by atoms with Gasteiger partial charge in [0.25, 0.3) is 0 Å². The van der Waals surface area contributed by atoms with Gasteiger partial charge in [-0.2, -0.15) is 0 Å². The van der Waals surface area contributed by atoms with E-state index in [0.29, 0.717) is 0 Å². The third-order valence-corrected chi connectivity index (χ3v) is 5.64. The van der Waals surface area contributed by atoms with E-state index in [2.05, 4.69) is 27.9 Å². The van der Waals surface area contributed by atoms with E-state index in [4.69, 9.17) is 4.99 Å². The van der Waals surface area contributed by atoms with Crippen molar-refractivity contribution in [3.8, 4) is 0 Å². The fourth-order valence-corrected chi connectivity index (χ4v) is 4.09. The Hall–Kier alpha value is -0.410. The number of guanidine groups is 1. The summed E-state index contributed by atoms with van der Waals surface area (Å²) in [5.74, 6) is 0.882. The molecule has 1 heterocycles. The predicted octanol–water partition coefficient (Wildman–Crippen LogP) is 3.50. The summed E-state index contributed by atoms with van der Waals surface area (Å²) in [6.45, 7) is 6.89. The molecule has 1 aromatic rings. The highest BCUT2D eigenvalue weighted by molar-refractivity contribution is 14.0. The van der Waals surface area contributed by atoms with Crippen molar-refractivity contribution in [1.29, 1.82) is 0 Å². The quantitative estimate of drug-likeness (QED) is 0.303. The van der Waals surface area contributed by atoms with E-state index < -0.39 is 0 Å². The highest BCUT2D eigenvalue weighted by Crippen LogP contribution is 2.39. The van der Waals surface area contributed by atoms with Gasteiger partial charge in [-0.05, 0) is 38.5 Å². The third kappa shape index (κ3) is 7.78. The summed E-state index contributed by atoms with van der Waals surface area (Å²) < 4.78 is 0. The number of nitrogens with one attached hydrogen (secondary N) is 2. The van der Waals surface area contributed by atoms with Crippen LogP contribution in [0.4, 0.5) is 0 Å². The molecule has 0 aromatic carbocycles. The average molecular weight is 480 g/mol. The van der Waals surface area contributed by atoms with Gasteiger partial charge in [0.05, 0.1) is 10.7 Å². The van der Waals surface area contributed by atoms with Crippen molar-refractivity contribution in [3.05, 3.63) is 16.1 Å². The first-order chi connectivity index (χ1) is 11.7. The molecule has 144 valence electrons. The van der Waals surface area contributed by atoms with Gasteiger partial charge in [0, 0.05) is 38.0 Å². The van der Waals surface area contributed by atoms with Gasteiger partial charge in [0.15, 0.2) is 5.96 Å². The molecule has 0 saturated heterocycles. The summed E-state index contributed by atoms with van der Waals surface area (Å²) in [6.07, 6.45) is 8.02. The van der Waals surface area contributed by atoms with Crippen LogP contribution in [0.3, 0.4) is 0 Å². The van der Waals surface area contributed by atoms with Gasteiger partial charge < -0.3 is 15.7 Å². The van der Waals surface area contributed by atoms with Gasteiger partial charge in [0.1, 0.15) is 0 Å². The molecule has 1 fully saturated rings. The number of hydrogen-bond acceptors (Lipinski definition) is 4. The molecule has 1 aliphatic rings. The Balaban J connectivity index is 0.00000312. The van der Waals surface area contributed by atoms with Crippen molar-refractivity contribution < 1.29 is 5.11 Å². The van der Waals surface area contributed by atoms with Crippen LogP contribution in [0.1, 0.15) is 56.2 Å². The van der Waals surface area contributed by atoms with Gasteiger partial charge in [-0.3, -0.25) is 4.99 Å². The number of thiazole rings is 1. The molecule has 0 radical (unpaired) electrons. The molecule has 0 spiro atoms. The number of aryl methyl sites for hydroxylation is 1. The molecule has 0 amide bonds. The number of halogens is 1. The first kappa shape index (κ1) is 22.6. The molecule has 7 heteroatoms. The normalized spacial score (nSPS) is 17.0. The first-order valence-corrected chi connectivity index (χ1v) is 10.1. The van der Waals surface area contributed by atoms with Crippen LogP contribution in [-0.4, -0.2) is 42.3 Å². The molecular weight excluding hydrogens is 447 g/mol. The second-order valence-corrected chi connectivity index (χ2v) is 7.83. The Morgan fingerprint density at radius 1 is 1.32 bits per heavy atom.